The molecule has 0 aliphatic rings. The monoisotopic (exact) mass is 253 g/mol. The fourth-order valence-electron chi connectivity index (χ4n) is 1.43. The number of aryl methyl sites for hydroxylation is 1. The van der Waals surface area contributed by atoms with E-state index < -0.39 is 28.9 Å². The molecule has 0 unspecified atom stereocenters. The van der Waals surface area contributed by atoms with E-state index in [9.17, 15) is 13.6 Å². The van der Waals surface area contributed by atoms with Crippen molar-refractivity contribution in [3.8, 4) is 0 Å². The molecule has 0 bridgehead atoms. The molecule has 2 rings (SSSR count). The maximum atomic E-state index is 13.6. The molecule has 2 N–H and O–H groups in total. The van der Waals surface area contributed by atoms with Crippen molar-refractivity contribution in [1.82, 2.24) is 9.78 Å². The van der Waals surface area contributed by atoms with Crippen molar-refractivity contribution in [3.63, 3.8) is 0 Å². The van der Waals surface area contributed by atoms with Gasteiger partial charge in [0, 0.05) is 19.3 Å². The van der Waals surface area contributed by atoms with Gasteiger partial charge in [0.05, 0.1) is 5.56 Å². The molecule has 7 heteroatoms. The summed E-state index contributed by atoms with van der Waals surface area (Å²) in [5.41, 5.74) is -0.879. The Bertz CT molecular complexity index is 587. The predicted octanol–water partition coefficient (Wildman–Crippen LogP) is 2.14. The maximum Gasteiger partial charge on any atom is 0.335 e. The lowest BCUT2D eigenvalue weighted by molar-refractivity contribution is 0.0696. The lowest BCUT2D eigenvalue weighted by atomic mass is 10.2. The minimum atomic E-state index is -1.39. The second-order valence-electron chi connectivity index (χ2n) is 3.62. The van der Waals surface area contributed by atoms with Crippen LogP contribution in [0.25, 0.3) is 0 Å². The molecule has 18 heavy (non-hydrogen) atoms. The zero-order chi connectivity index (χ0) is 13.3. The minimum absolute atomic E-state index is 0.262. The molecule has 0 radical (unpaired) electrons. The molecule has 0 saturated carbocycles. The number of aromatic nitrogens is 2. The summed E-state index contributed by atoms with van der Waals surface area (Å²) < 4.78 is 28.6. The molecule has 1 aromatic heterocycles. The van der Waals surface area contributed by atoms with Gasteiger partial charge in [-0.3, -0.25) is 4.68 Å². The van der Waals surface area contributed by atoms with E-state index >= 15 is 0 Å². The number of carboxylic acids is 1. The molecule has 2 aromatic rings. The number of halogens is 2. The van der Waals surface area contributed by atoms with Crippen molar-refractivity contribution in [1.29, 1.82) is 0 Å². The van der Waals surface area contributed by atoms with Crippen molar-refractivity contribution in [2.45, 2.75) is 0 Å². The molecule has 1 heterocycles. The Hall–Kier alpha value is -2.44. The Kier molecular flexibility index (Phi) is 2.97. The molecule has 0 aliphatic heterocycles. The molecule has 0 atom stereocenters. The maximum absolute atomic E-state index is 13.6. The number of carboxylic acid groups (broad SMARTS) is 1. The number of hydrogen-bond donors (Lipinski definition) is 2. The van der Waals surface area contributed by atoms with Crippen LogP contribution in [0.1, 0.15) is 10.4 Å². The van der Waals surface area contributed by atoms with Crippen LogP contribution >= 0.6 is 0 Å². The molecule has 0 amide bonds. The highest BCUT2D eigenvalue weighted by molar-refractivity contribution is 5.88. The number of carbonyl (C=O) groups is 1. The first-order valence-corrected chi connectivity index (χ1v) is 4.96. The van der Waals surface area contributed by atoms with Gasteiger partial charge >= 0.3 is 5.97 Å². The summed E-state index contributed by atoms with van der Waals surface area (Å²) in [6.07, 6.45) is 1.60. The third-order valence-corrected chi connectivity index (χ3v) is 2.26. The summed E-state index contributed by atoms with van der Waals surface area (Å²) in [6, 6.07) is 3.03. The van der Waals surface area contributed by atoms with Gasteiger partial charge in [-0.1, -0.05) is 0 Å². The lowest BCUT2D eigenvalue weighted by Gasteiger charge is -2.07. The van der Waals surface area contributed by atoms with Gasteiger partial charge in [0.2, 0.25) is 0 Å². The molecule has 0 spiro atoms. The third-order valence-electron chi connectivity index (χ3n) is 2.26. The van der Waals surface area contributed by atoms with Crippen LogP contribution in [0, 0.1) is 11.6 Å². The molecular weight excluding hydrogens is 244 g/mol. The molecular formula is C11H9F2N3O2. The van der Waals surface area contributed by atoms with E-state index in [1.807, 2.05) is 0 Å². The van der Waals surface area contributed by atoms with Crippen LogP contribution in [0.2, 0.25) is 0 Å². The first-order chi connectivity index (χ1) is 8.47. The van der Waals surface area contributed by atoms with Crippen LogP contribution in [-0.2, 0) is 7.05 Å². The van der Waals surface area contributed by atoms with Gasteiger partial charge in [0.1, 0.15) is 5.69 Å². The molecule has 94 valence electrons. The van der Waals surface area contributed by atoms with Crippen molar-refractivity contribution < 1.29 is 18.7 Å². The smallest absolute Gasteiger partial charge is 0.335 e. The Morgan fingerprint density at radius 2 is 2.00 bits per heavy atom. The number of aromatic carboxylic acids is 1. The summed E-state index contributed by atoms with van der Waals surface area (Å²) in [5.74, 6) is -3.10. The van der Waals surface area contributed by atoms with Gasteiger partial charge in [-0.2, -0.15) is 5.10 Å². The minimum Gasteiger partial charge on any atom is -0.478 e. The van der Waals surface area contributed by atoms with E-state index in [1.165, 1.54) is 10.7 Å². The fraction of sp³-hybridized carbons (Fsp3) is 0.0909. The quantitative estimate of drug-likeness (QED) is 0.879. The second-order valence-corrected chi connectivity index (χ2v) is 3.62. The predicted molar refractivity (Wildman–Crippen MR) is 59.8 cm³/mol. The standard InChI is InChI=1S/C11H9F2N3O2/c1-16-3-2-9(15-16)14-10-7(12)4-6(11(17)18)5-8(10)13/h2-5H,1H3,(H,14,15)(H,17,18). The number of rotatable bonds is 3. The van der Waals surface area contributed by atoms with Crippen LogP contribution in [0.15, 0.2) is 24.4 Å². The summed E-state index contributed by atoms with van der Waals surface area (Å²) in [4.78, 5) is 10.6. The molecule has 1 aromatic carbocycles. The zero-order valence-electron chi connectivity index (χ0n) is 9.32. The summed E-state index contributed by atoms with van der Waals surface area (Å²) >= 11 is 0. The van der Waals surface area contributed by atoms with Gasteiger partial charge in [-0.15, -0.1) is 0 Å². The Morgan fingerprint density at radius 3 is 2.44 bits per heavy atom. The normalized spacial score (nSPS) is 10.4. The summed E-state index contributed by atoms with van der Waals surface area (Å²) in [5, 5.41) is 15.0. The Labute approximate surface area is 101 Å². The lowest BCUT2D eigenvalue weighted by Crippen LogP contribution is -2.03. The van der Waals surface area contributed by atoms with E-state index in [4.69, 9.17) is 5.11 Å². The highest BCUT2D eigenvalue weighted by Crippen LogP contribution is 2.23. The number of nitrogens with one attached hydrogen (secondary N) is 1. The topological polar surface area (TPSA) is 67.2 Å². The summed E-state index contributed by atoms with van der Waals surface area (Å²) in [6.45, 7) is 0. The highest BCUT2D eigenvalue weighted by atomic mass is 19.1. The van der Waals surface area contributed by atoms with Crippen LogP contribution in [-0.4, -0.2) is 20.9 Å². The number of hydrogen-bond acceptors (Lipinski definition) is 3. The van der Waals surface area contributed by atoms with E-state index in [2.05, 4.69) is 10.4 Å². The first kappa shape index (κ1) is 12.0. The molecule has 5 nitrogen and oxygen atoms in total. The zero-order valence-corrected chi connectivity index (χ0v) is 9.32. The van der Waals surface area contributed by atoms with E-state index in [-0.39, 0.29) is 5.82 Å². The highest BCUT2D eigenvalue weighted by Gasteiger charge is 2.15. The van der Waals surface area contributed by atoms with E-state index in [0.29, 0.717) is 0 Å². The van der Waals surface area contributed by atoms with Gasteiger partial charge in [-0.05, 0) is 12.1 Å². The van der Waals surface area contributed by atoms with Crippen LogP contribution in [0.3, 0.4) is 0 Å². The van der Waals surface area contributed by atoms with Crippen LogP contribution in [0.5, 0.6) is 0 Å². The number of benzene rings is 1. The first-order valence-electron chi connectivity index (χ1n) is 4.96. The average Bonchev–Trinajstić information content (AvgIpc) is 2.69. The van der Waals surface area contributed by atoms with Crippen molar-refractivity contribution in [2.24, 2.45) is 7.05 Å². The average molecular weight is 253 g/mol. The largest absolute Gasteiger partial charge is 0.478 e. The third kappa shape index (κ3) is 2.29. The summed E-state index contributed by atoms with van der Waals surface area (Å²) in [7, 11) is 1.66. The van der Waals surface area contributed by atoms with E-state index in [1.54, 1.807) is 13.2 Å². The Morgan fingerprint density at radius 1 is 1.39 bits per heavy atom. The van der Waals surface area contributed by atoms with Crippen LogP contribution in [0.4, 0.5) is 20.3 Å². The van der Waals surface area contributed by atoms with Crippen LogP contribution < -0.4 is 5.32 Å². The van der Waals surface area contributed by atoms with Gasteiger partial charge in [0.15, 0.2) is 17.5 Å². The van der Waals surface area contributed by atoms with Crippen molar-refractivity contribution >= 4 is 17.5 Å². The molecule has 0 aliphatic carbocycles. The SMILES string of the molecule is Cn1ccc(Nc2c(F)cc(C(=O)O)cc2F)n1. The fourth-order valence-corrected chi connectivity index (χ4v) is 1.43. The number of nitrogens with zero attached hydrogens (tertiary/aromatic N) is 2. The second kappa shape index (κ2) is 4.44. The Balaban J connectivity index is 2.37. The van der Waals surface area contributed by atoms with Crippen molar-refractivity contribution in [2.75, 3.05) is 5.32 Å². The van der Waals surface area contributed by atoms with Gasteiger partial charge < -0.3 is 10.4 Å². The van der Waals surface area contributed by atoms with Crippen molar-refractivity contribution in [3.05, 3.63) is 41.6 Å². The van der Waals surface area contributed by atoms with E-state index in [0.717, 1.165) is 12.1 Å². The molecule has 0 fully saturated rings. The van der Waals surface area contributed by atoms with Gasteiger partial charge in [0.25, 0.3) is 0 Å². The number of anilines is 2. The van der Waals surface area contributed by atoms with Gasteiger partial charge in [-0.25, -0.2) is 13.6 Å². The molecule has 0 saturated heterocycles.